The molecule has 1 aliphatic carbocycles. The molecule has 0 radical (unpaired) electrons. The van der Waals surface area contributed by atoms with Gasteiger partial charge in [-0.2, -0.15) is 4.98 Å². The van der Waals surface area contributed by atoms with Gasteiger partial charge >= 0.3 is 5.97 Å². The van der Waals surface area contributed by atoms with Crippen molar-refractivity contribution in [3.8, 4) is 5.88 Å². The van der Waals surface area contributed by atoms with Gasteiger partial charge in [0.1, 0.15) is 6.54 Å². The third-order valence-electron chi connectivity index (χ3n) is 2.64. The molecule has 1 saturated carbocycles. The smallest absolute Gasteiger partial charge is 0.323 e. The highest BCUT2D eigenvalue weighted by molar-refractivity contribution is 5.73. The van der Waals surface area contributed by atoms with E-state index in [2.05, 4.69) is 9.97 Å². The van der Waals surface area contributed by atoms with Gasteiger partial charge in [0, 0.05) is 6.04 Å². The van der Waals surface area contributed by atoms with Crippen LogP contribution < -0.4 is 9.64 Å². The van der Waals surface area contributed by atoms with Crippen LogP contribution in [0.5, 0.6) is 5.88 Å². The maximum absolute atomic E-state index is 10.9. The predicted octanol–water partition coefficient (Wildman–Crippen LogP) is 1.32. The summed E-state index contributed by atoms with van der Waals surface area (Å²) in [7, 11) is 0. The standard InChI is InChI=1S/C12H17N3O3/c1-2-5-18-11-7-13-6-10(14-11)15(8-12(16)17)9-3-4-9/h6-7,9H,2-5,8H2,1H3,(H,16,17). The normalized spacial score (nSPS) is 14.3. The molecule has 18 heavy (non-hydrogen) atoms. The highest BCUT2D eigenvalue weighted by Crippen LogP contribution is 2.30. The van der Waals surface area contributed by atoms with Crippen LogP contribution in [0.1, 0.15) is 26.2 Å². The van der Waals surface area contributed by atoms with Crippen molar-refractivity contribution in [1.29, 1.82) is 0 Å². The average Bonchev–Trinajstić information content (AvgIpc) is 3.18. The molecule has 98 valence electrons. The number of anilines is 1. The second-order valence-electron chi connectivity index (χ2n) is 4.32. The summed E-state index contributed by atoms with van der Waals surface area (Å²) in [5, 5.41) is 8.91. The molecule has 0 aliphatic heterocycles. The minimum absolute atomic E-state index is 0.0451. The Bertz CT molecular complexity index is 421. The molecule has 0 unspecified atom stereocenters. The first kappa shape index (κ1) is 12.6. The first-order valence-electron chi connectivity index (χ1n) is 6.14. The van der Waals surface area contributed by atoms with Crippen LogP contribution in [0.3, 0.4) is 0 Å². The van der Waals surface area contributed by atoms with Gasteiger partial charge in [-0.15, -0.1) is 0 Å². The van der Waals surface area contributed by atoms with Crippen molar-refractivity contribution in [1.82, 2.24) is 9.97 Å². The maximum Gasteiger partial charge on any atom is 0.323 e. The molecular weight excluding hydrogens is 234 g/mol. The predicted molar refractivity (Wildman–Crippen MR) is 65.8 cm³/mol. The Morgan fingerprint density at radius 3 is 2.94 bits per heavy atom. The zero-order valence-electron chi connectivity index (χ0n) is 10.4. The summed E-state index contributed by atoms with van der Waals surface area (Å²) in [5.41, 5.74) is 0. The Hall–Kier alpha value is -1.85. The van der Waals surface area contributed by atoms with Crippen LogP contribution in [0.4, 0.5) is 5.82 Å². The lowest BCUT2D eigenvalue weighted by molar-refractivity contribution is -0.135. The van der Waals surface area contributed by atoms with Gasteiger partial charge in [-0.1, -0.05) is 6.92 Å². The van der Waals surface area contributed by atoms with Crippen molar-refractivity contribution in [2.75, 3.05) is 18.1 Å². The number of carboxylic acids is 1. The lowest BCUT2D eigenvalue weighted by Gasteiger charge is -2.21. The van der Waals surface area contributed by atoms with E-state index in [1.54, 1.807) is 17.3 Å². The number of ether oxygens (including phenoxy) is 1. The summed E-state index contributed by atoms with van der Waals surface area (Å²) < 4.78 is 5.40. The molecule has 0 atom stereocenters. The highest BCUT2D eigenvalue weighted by Gasteiger charge is 2.31. The summed E-state index contributed by atoms with van der Waals surface area (Å²) in [5.74, 6) is 0.169. The Kier molecular flexibility index (Phi) is 3.96. The number of carbonyl (C=O) groups is 1. The van der Waals surface area contributed by atoms with E-state index >= 15 is 0 Å². The monoisotopic (exact) mass is 251 g/mol. The highest BCUT2D eigenvalue weighted by atomic mass is 16.5. The fourth-order valence-corrected chi connectivity index (χ4v) is 1.68. The summed E-state index contributed by atoms with van der Waals surface area (Å²) in [6.07, 6.45) is 6.04. The molecule has 2 rings (SSSR count). The average molecular weight is 251 g/mol. The third-order valence-corrected chi connectivity index (χ3v) is 2.64. The number of aliphatic carboxylic acids is 1. The van der Waals surface area contributed by atoms with E-state index in [1.807, 2.05) is 6.92 Å². The summed E-state index contributed by atoms with van der Waals surface area (Å²) in [4.78, 5) is 21.0. The molecule has 6 heteroatoms. The molecule has 0 amide bonds. The van der Waals surface area contributed by atoms with Crippen molar-refractivity contribution in [2.45, 2.75) is 32.2 Å². The molecule has 0 bridgehead atoms. The van der Waals surface area contributed by atoms with Gasteiger partial charge in [0.05, 0.1) is 19.0 Å². The fraction of sp³-hybridized carbons (Fsp3) is 0.583. The number of carboxylic acid groups (broad SMARTS) is 1. The van der Waals surface area contributed by atoms with Gasteiger partial charge in [-0.3, -0.25) is 9.78 Å². The van der Waals surface area contributed by atoms with Crippen molar-refractivity contribution in [3.63, 3.8) is 0 Å². The minimum atomic E-state index is -0.858. The van der Waals surface area contributed by atoms with Gasteiger partial charge in [0.25, 0.3) is 0 Å². The lowest BCUT2D eigenvalue weighted by Crippen LogP contribution is -2.32. The van der Waals surface area contributed by atoms with Crippen LogP contribution in [0.2, 0.25) is 0 Å². The van der Waals surface area contributed by atoms with Crippen molar-refractivity contribution in [2.24, 2.45) is 0 Å². The van der Waals surface area contributed by atoms with Crippen LogP contribution >= 0.6 is 0 Å². The summed E-state index contributed by atoms with van der Waals surface area (Å²) in [6.45, 7) is 2.55. The number of rotatable bonds is 7. The van der Waals surface area contributed by atoms with Crippen LogP contribution in [-0.4, -0.2) is 40.2 Å². The lowest BCUT2D eigenvalue weighted by atomic mass is 10.4. The molecule has 0 aromatic carbocycles. The van der Waals surface area contributed by atoms with Crippen molar-refractivity contribution < 1.29 is 14.6 Å². The van der Waals surface area contributed by atoms with E-state index < -0.39 is 5.97 Å². The molecule has 1 aromatic heterocycles. The minimum Gasteiger partial charge on any atom is -0.480 e. The Labute approximate surface area is 106 Å². The Balaban J connectivity index is 2.11. The Morgan fingerprint density at radius 1 is 1.56 bits per heavy atom. The van der Waals surface area contributed by atoms with Crippen LogP contribution in [0.15, 0.2) is 12.4 Å². The second kappa shape index (κ2) is 5.66. The van der Waals surface area contributed by atoms with E-state index in [1.165, 1.54) is 0 Å². The van der Waals surface area contributed by atoms with Gasteiger partial charge in [0.2, 0.25) is 5.88 Å². The van der Waals surface area contributed by atoms with E-state index in [4.69, 9.17) is 9.84 Å². The fourth-order valence-electron chi connectivity index (χ4n) is 1.68. The second-order valence-corrected chi connectivity index (χ2v) is 4.32. The number of aromatic nitrogens is 2. The third kappa shape index (κ3) is 3.32. The number of nitrogens with zero attached hydrogens (tertiary/aromatic N) is 3. The topological polar surface area (TPSA) is 75.5 Å². The van der Waals surface area contributed by atoms with E-state index in [-0.39, 0.29) is 12.6 Å². The largest absolute Gasteiger partial charge is 0.480 e. The van der Waals surface area contributed by atoms with E-state index in [0.717, 1.165) is 19.3 Å². The van der Waals surface area contributed by atoms with Crippen LogP contribution in [-0.2, 0) is 4.79 Å². The molecule has 1 N–H and O–H groups in total. The van der Waals surface area contributed by atoms with Gasteiger partial charge in [-0.25, -0.2) is 0 Å². The number of hydrogen-bond acceptors (Lipinski definition) is 5. The molecule has 0 spiro atoms. The van der Waals surface area contributed by atoms with Gasteiger partial charge in [-0.05, 0) is 19.3 Å². The molecule has 1 fully saturated rings. The van der Waals surface area contributed by atoms with Gasteiger partial charge < -0.3 is 14.7 Å². The molecule has 1 aromatic rings. The van der Waals surface area contributed by atoms with Crippen molar-refractivity contribution in [3.05, 3.63) is 12.4 Å². The SMILES string of the molecule is CCCOc1cncc(N(CC(=O)O)C2CC2)n1. The molecule has 1 heterocycles. The Morgan fingerprint density at radius 2 is 2.33 bits per heavy atom. The summed E-state index contributed by atoms with van der Waals surface area (Å²) in [6, 6.07) is 0.275. The number of hydrogen-bond donors (Lipinski definition) is 1. The molecule has 1 aliphatic rings. The van der Waals surface area contributed by atoms with Crippen LogP contribution in [0, 0.1) is 0 Å². The maximum atomic E-state index is 10.9. The van der Waals surface area contributed by atoms with E-state index in [9.17, 15) is 4.79 Å². The molecule has 0 saturated heterocycles. The quantitative estimate of drug-likeness (QED) is 0.787. The van der Waals surface area contributed by atoms with Crippen LogP contribution in [0.25, 0.3) is 0 Å². The molecule has 6 nitrogen and oxygen atoms in total. The summed E-state index contributed by atoms with van der Waals surface area (Å²) >= 11 is 0. The zero-order valence-corrected chi connectivity index (χ0v) is 10.4. The first-order valence-corrected chi connectivity index (χ1v) is 6.14. The van der Waals surface area contributed by atoms with Crippen molar-refractivity contribution >= 4 is 11.8 Å². The van der Waals surface area contributed by atoms with Gasteiger partial charge in [0.15, 0.2) is 5.82 Å². The molecular formula is C12H17N3O3. The first-order chi connectivity index (χ1) is 8.70. The van der Waals surface area contributed by atoms with E-state index in [0.29, 0.717) is 18.3 Å². The zero-order chi connectivity index (χ0) is 13.0.